The van der Waals surface area contributed by atoms with E-state index in [0.717, 1.165) is 35.9 Å². The summed E-state index contributed by atoms with van der Waals surface area (Å²) < 4.78 is 13.4. The fourth-order valence-corrected chi connectivity index (χ4v) is 4.23. The van der Waals surface area contributed by atoms with Crippen molar-refractivity contribution in [2.45, 2.75) is 37.6 Å². The molecule has 2 heterocycles. The van der Waals surface area contributed by atoms with E-state index < -0.39 is 0 Å². The molecule has 3 aromatic rings. The number of para-hydroxylation sites is 1. The molecule has 0 amide bonds. The highest BCUT2D eigenvalue weighted by atomic mass is 32.2. The van der Waals surface area contributed by atoms with Crippen LogP contribution in [0.4, 0.5) is 0 Å². The quantitative estimate of drug-likeness (QED) is 0.343. The van der Waals surface area contributed by atoms with Gasteiger partial charge >= 0.3 is 0 Å². The van der Waals surface area contributed by atoms with Crippen LogP contribution in [0.15, 0.2) is 58.5 Å². The summed E-state index contributed by atoms with van der Waals surface area (Å²) in [5.41, 5.74) is 1.91. The molecule has 6 heteroatoms. The van der Waals surface area contributed by atoms with Gasteiger partial charge in [0.25, 0.3) is 5.56 Å². The van der Waals surface area contributed by atoms with Gasteiger partial charge in [-0.15, -0.1) is 0 Å². The Morgan fingerprint density at radius 3 is 2.96 bits per heavy atom. The lowest BCUT2D eigenvalue weighted by Crippen LogP contribution is -2.29. The zero-order valence-corrected chi connectivity index (χ0v) is 16.8. The number of ether oxygens (including phenoxy) is 2. The standard InChI is InChI=1S/C22H24N2O3S/c1-16-6-4-7-17(14-16)27-12-13-28-22-23-20-10-3-2-9-19(20)21(25)24(22)15-18-8-5-11-26-18/h2-4,6-7,9-10,14,18H,5,8,11-13,15H2,1H3. The summed E-state index contributed by atoms with van der Waals surface area (Å²) in [7, 11) is 0. The monoisotopic (exact) mass is 396 g/mol. The molecule has 28 heavy (non-hydrogen) atoms. The first-order chi connectivity index (χ1) is 13.7. The number of aromatic nitrogens is 2. The van der Waals surface area contributed by atoms with Crippen molar-refractivity contribution in [3.8, 4) is 5.75 Å². The maximum absolute atomic E-state index is 13.1. The van der Waals surface area contributed by atoms with Crippen LogP contribution in [0.1, 0.15) is 18.4 Å². The predicted octanol–water partition coefficient (Wildman–Crippen LogP) is 4.06. The maximum Gasteiger partial charge on any atom is 0.262 e. The Morgan fingerprint density at radius 1 is 1.25 bits per heavy atom. The highest BCUT2D eigenvalue weighted by Gasteiger charge is 2.20. The van der Waals surface area contributed by atoms with Gasteiger partial charge in [0.15, 0.2) is 5.16 Å². The summed E-state index contributed by atoms with van der Waals surface area (Å²) >= 11 is 1.55. The van der Waals surface area contributed by atoms with Gasteiger partial charge in [-0.05, 0) is 49.6 Å². The molecule has 1 fully saturated rings. The second-order valence-corrected chi connectivity index (χ2v) is 8.04. The summed E-state index contributed by atoms with van der Waals surface area (Å²) in [5.74, 6) is 1.58. The van der Waals surface area contributed by atoms with Crippen LogP contribution in [0.3, 0.4) is 0 Å². The van der Waals surface area contributed by atoms with E-state index in [1.807, 2.05) is 55.5 Å². The average Bonchev–Trinajstić information content (AvgIpc) is 3.21. The molecule has 0 bridgehead atoms. The third-order valence-electron chi connectivity index (χ3n) is 4.81. The summed E-state index contributed by atoms with van der Waals surface area (Å²) in [6.07, 6.45) is 2.12. The first kappa shape index (κ1) is 19.0. The molecular formula is C22H24N2O3S. The molecule has 1 aromatic heterocycles. The molecule has 0 saturated carbocycles. The molecule has 1 saturated heterocycles. The van der Waals surface area contributed by atoms with Crippen molar-refractivity contribution in [2.75, 3.05) is 19.0 Å². The summed E-state index contributed by atoms with van der Waals surface area (Å²) in [6.45, 7) is 3.92. The zero-order valence-electron chi connectivity index (χ0n) is 16.0. The molecule has 0 radical (unpaired) electrons. The Balaban J connectivity index is 1.51. The lowest BCUT2D eigenvalue weighted by atomic mass is 10.2. The predicted molar refractivity (Wildman–Crippen MR) is 112 cm³/mol. The number of hydrogen-bond acceptors (Lipinski definition) is 5. The van der Waals surface area contributed by atoms with E-state index in [2.05, 4.69) is 0 Å². The second-order valence-electron chi connectivity index (χ2n) is 6.98. The van der Waals surface area contributed by atoms with E-state index in [0.29, 0.717) is 24.3 Å². The van der Waals surface area contributed by atoms with Crippen LogP contribution in [0, 0.1) is 6.92 Å². The topological polar surface area (TPSA) is 53.3 Å². The average molecular weight is 397 g/mol. The molecule has 1 aliphatic rings. The molecule has 0 aliphatic carbocycles. The largest absolute Gasteiger partial charge is 0.493 e. The number of fused-ring (bicyclic) bond motifs is 1. The number of rotatable bonds is 7. The molecule has 1 aliphatic heterocycles. The Labute approximate surface area is 168 Å². The molecule has 1 unspecified atom stereocenters. The second kappa shape index (κ2) is 8.80. The molecule has 2 aromatic carbocycles. The van der Waals surface area contributed by atoms with Crippen LogP contribution < -0.4 is 10.3 Å². The number of nitrogens with zero attached hydrogens (tertiary/aromatic N) is 2. The molecule has 1 atom stereocenters. The first-order valence-electron chi connectivity index (χ1n) is 9.64. The zero-order chi connectivity index (χ0) is 19.3. The lowest BCUT2D eigenvalue weighted by molar-refractivity contribution is 0.0937. The van der Waals surface area contributed by atoms with Gasteiger partial charge in [-0.3, -0.25) is 9.36 Å². The van der Waals surface area contributed by atoms with Gasteiger partial charge in [-0.2, -0.15) is 0 Å². The van der Waals surface area contributed by atoms with E-state index in [9.17, 15) is 4.79 Å². The Kier molecular flexibility index (Phi) is 5.98. The van der Waals surface area contributed by atoms with Crippen LogP contribution in [0.25, 0.3) is 10.9 Å². The normalized spacial score (nSPS) is 16.5. The molecule has 4 rings (SSSR count). The fourth-order valence-electron chi connectivity index (χ4n) is 3.41. The van der Waals surface area contributed by atoms with Crippen molar-refractivity contribution in [3.63, 3.8) is 0 Å². The maximum atomic E-state index is 13.1. The number of hydrogen-bond donors (Lipinski definition) is 0. The Bertz CT molecular complexity index is 1010. The lowest BCUT2D eigenvalue weighted by Gasteiger charge is -2.16. The third kappa shape index (κ3) is 4.39. The number of aryl methyl sites for hydroxylation is 1. The third-order valence-corrected chi connectivity index (χ3v) is 5.75. The van der Waals surface area contributed by atoms with Crippen LogP contribution in [0.2, 0.25) is 0 Å². The summed E-state index contributed by atoms with van der Waals surface area (Å²) in [5, 5.41) is 1.38. The van der Waals surface area contributed by atoms with Crippen molar-refractivity contribution in [3.05, 3.63) is 64.4 Å². The van der Waals surface area contributed by atoms with E-state index in [4.69, 9.17) is 14.5 Å². The van der Waals surface area contributed by atoms with Crippen LogP contribution in [0.5, 0.6) is 5.75 Å². The van der Waals surface area contributed by atoms with Crippen molar-refractivity contribution in [1.82, 2.24) is 9.55 Å². The van der Waals surface area contributed by atoms with Gasteiger partial charge < -0.3 is 9.47 Å². The SMILES string of the molecule is Cc1cccc(OCCSc2nc3ccccc3c(=O)n2CC2CCCO2)c1. The summed E-state index contributed by atoms with van der Waals surface area (Å²) in [4.78, 5) is 17.8. The highest BCUT2D eigenvalue weighted by molar-refractivity contribution is 7.99. The van der Waals surface area contributed by atoms with Gasteiger partial charge in [-0.25, -0.2) is 4.98 Å². The minimum atomic E-state index is 0.00297. The van der Waals surface area contributed by atoms with Crippen molar-refractivity contribution in [2.24, 2.45) is 0 Å². The molecule has 146 valence electrons. The molecule has 0 spiro atoms. The number of benzene rings is 2. The van der Waals surface area contributed by atoms with Gasteiger partial charge in [0.2, 0.25) is 0 Å². The van der Waals surface area contributed by atoms with Gasteiger partial charge in [0.05, 0.1) is 30.2 Å². The molecule has 0 N–H and O–H groups in total. The molecular weight excluding hydrogens is 372 g/mol. The number of thioether (sulfide) groups is 1. The smallest absolute Gasteiger partial charge is 0.262 e. The Hall–Kier alpha value is -2.31. The van der Waals surface area contributed by atoms with Gasteiger partial charge in [-0.1, -0.05) is 36.0 Å². The van der Waals surface area contributed by atoms with E-state index >= 15 is 0 Å². The van der Waals surface area contributed by atoms with Gasteiger partial charge in [0.1, 0.15) is 5.75 Å². The first-order valence-corrected chi connectivity index (χ1v) is 10.6. The van der Waals surface area contributed by atoms with Crippen molar-refractivity contribution < 1.29 is 9.47 Å². The van der Waals surface area contributed by atoms with E-state index in [-0.39, 0.29) is 11.7 Å². The van der Waals surface area contributed by atoms with E-state index in [1.54, 1.807) is 16.3 Å². The minimum Gasteiger partial charge on any atom is -0.493 e. The minimum absolute atomic E-state index is 0.00297. The summed E-state index contributed by atoms with van der Waals surface area (Å²) in [6, 6.07) is 15.5. The molecule has 5 nitrogen and oxygen atoms in total. The highest BCUT2D eigenvalue weighted by Crippen LogP contribution is 2.21. The fraction of sp³-hybridized carbons (Fsp3) is 0.364. The van der Waals surface area contributed by atoms with Crippen LogP contribution in [-0.4, -0.2) is 34.6 Å². The van der Waals surface area contributed by atoms with Crippen LogP contribution in [-0.2, 0) is 11.3 Å². The van der Waals surface area contributed by atoms with Crippen molar-refractivity contribution in [1.29, 1.82) is 0 Å². The van der Waals surface area contributed by atoms with E-state index in [1.165, 1.54) is 5.56 Å². The van der Waals surface area contributed by atoms with Crippen LogP contribution >= 0.6 is 11.8 Å². The Morgan fingerprint density at radius 2 is 2.14 bits per heavy atom. The van der Waals surface area contributed by atoms with Gasteiger partial charge in [0, 0.05) is 12.4 Å². The van der Waals surface area contributed by atoms with Crippen molar-refractivity contribution >= 4 is 22.7 Å².